The van der Waals surface area contributed by atoms with Gasteiger partial charge in [0.15, 0.2) is 0 Å². The van der Waals surface area contributed by atoms with Crippen LogP contribution in [-0.4, -0.2) is 0 Å². The minimum absolute atomic E-state index is 0.505. The molecule has 20 heavy (non-hydrogen) atoms. The summed E-state index contributed by atoms with van der Waals surface area (Å²) < 4.78 is 0. The number of rotatable bonds is 4. The van der Waals surface area contributed by atoms with Crippen molar-refractivity contribution in [1.29, 1.82) is 0 Å². The second kappa shape index (κ2) is 5.99. The van der Waals surface area contributed by atoms with Crippen LogP contribution in [0.3, 0.4) is 0 Å². The molecule has 2 aliphatic carbocycles. The van der Waals surface area contributed by atoms with Gasteiger partial charge in [0, 0.05) is 0 Å². The fourth-order valence-corrected chi connectivity index (χ4v) is 3.92. The molecule has 1 aromatic rings. The first-order valence-electron chi connectivity index (χ1n) is 8.04. The van der Waals surface area contributed by atoms with E-state index >= 15 is 0 Å². The standard InChI is InChI=1S/C20H24/c1-3-9-15-10-5-7-12-18(15)20-14-16-11-6-8-13-19(16)17(20)4-2/h5-8,10-13,16-17,19-20H,3-4,9H2,1-2H3. The number of hydrogen-bond donors (Lipinski definition) is 0. The highest BCUT2D eigenvalue weighted by Gasteiger charge is 2.41. The Morgan fingerprint density at radius 2 is 1.85 bits per heavy atom. The molecule has 4 atom stereocenters. The molecule has 4 unspecified atom stereocenters. The van der Waals surface area contributed by atoms with Gasteiger partial charge in [0.1, 0.15) is 0 Å². The van der Waals surface area contributed by atoms with Gasteiger partial charge in [-0.15, -0.1) is 0 Å². The molecule has 1 fully saturated rings. The number of fused-ring (bicyclic) bond motifs is 1. The molecule has 1 saturated carbocycles. The molecule has 0 nitrogen and oxygen atoms in total. The lowest BCUT2D eigenvalue weighted by Gasteiger charge is -2.25. The molecule has 3 rings (SSSR count). The molecule has 0 heteroatoms. The Morgan fingerprint density at radius 3 is 2.65 bits per heavy atom. The van der Waals surface area contributed by atoms with Crippen LogP contribution in [0.4, 0.5) is 0 Å². The smallest absolute Gasteiger partial charge is 0.000869 e. The minimum Gasteiger partial charge on any atom is -0.0805 e. The number of hydrogen-bond acceptors (Lipinski definition) is 0. The summed E-state index contributed by atoms with van der Waals surface area (Å²) in [5.41, 5.74) is 3.05. The third-order valence-electron chi connectivity index (χ3n) is 4.85. The molecule has 104 valence electrons. The molecular weight excluding hydrogens is 240 g/mol. The van der Waals surface area contributed by atoms with Crippen molar-refractivity contribution in [3.05, 3.63) is 66.1 Å². The highest BCUT2D eigenvalue weighted by atomic mass is 14.4. The van der Waals surface area contributed by atoms with Gasteiger partial charge in [-0.1, -0.05) is 75.3 Å². The third kappa shape index (κ3) is 2.37. The van der Waals surface area contributed by atoms with Crippen molar-refractivity contribution < 1.29 is 0 Å². The van der Waals surface area contributed by atoms with Crippen LogP contribution < -0.4 is 0 Å². The summed E-state index contributed by atoms with van der Waals surface area (Å²) in [7, 11) is 0. The van der Waals surface area contributed by atoms with Crippen LogP contribution in [0.2, 0.25) is 0 Å². The van der Waals surface area contributed by atoms with Gasteiger partial charge in [-0.05, 0) is 47.6 Å². The maximum absolute atomic E-state index is 3.87. The monoisotopic (exact) mass is 264 g/mol. The summed E-state index contributed by atoms with van der Waals surface area (Å²) in [6, 6.07) is 9.00. The van der Waals surface area contributed by atoms with E-state index in [2.05, 4.69) is 68.8 Å². The summed E-state index contributed by atoms with van der Waals surface area (Å²) in [6.45, 7) is 4.59. The average molecular weight is 264 g/mol. The molecule has 0 bridgehead atoms. The Morgan fingerprint density at radius 1 is 1.05 bits per heavy atom. The Balaban J connectivity index is 1.93. The van der Waals surface area contributed by atoms with Gasteiger partial charge in [0.25, 0.3) is 0 Å². The summed E-state index contributed by atoms with van der Waals surface area (Å²) in [5.74, 6) is 2.39. The normalized spacial score (nSPS) is 31.5. The zero-order valence-electron chi connectivity index (χ0n) is 12.5. The van der Waals surface area contributed by atoms with E-state index in [0.717, 1.165) is 0 Å². The van der Waals surface area contributed by atoms with Gasteiger partial charge in [-0.2, -0.15) is 0 Å². The predicted molar refractivity (Wildman–Crippen MR) is 85.5 cm³/mol. The first-order valence-corrected chi connectivity index (χ1v) is 8.04. The fraction of sp³-hybridized carbons (Fsp3) is 0.450. The quantitative estimate of drug-likeness (QED) is 0.701. The Labute approximate surface area is 123 Å². The SMILES string of the molecule is CCCc1ccccc1C1[C]C2C=CC=CC2C1CC. The summed E-state index contributed by atoms with van der Waals surface area (Å²) in [4.78, 5) is 0. The van der Waals surface area contributed by atoms with Crippen LogP contribution in [-0.2, 0) is 6.42 Å². The molecular formula is C20H24. The van der Waals surface area contributed by atoms with Crippen LogP contribution >= 0.6 is 0 Å². The van der Waals surface area contributed by atoms with Gasteiger partial charge in [0.05, 0.1) is 0 Å². The van der Waals surface area contributed by atoms with Crippen LogP contribution in [0.5, 0.6) is 0 Å². The van der Waals surface area contributed by atoms with Crippen molar-refractivity contribution in [3.63, 3.8) is 0 Å². The summed E-state index contributed by atoms with van der Waals surface area (Å²) in [6.07, 6.45) is 16.6. The molecule has 0 saturated heterocycles. The highest BCUT2D eigenvalue weighted by molar-refractivity contribution is 5.37. The van der Waals surface area contributed by atoms with Gasteiger partial charge in [-0.3, -0.25) is 0 Å². The van der Waals surface area contributed by atoms with E-state index in [9.17, 15) is 0 Å². The first kappa shape index (κ1) is 13.7. The van der Waals surface area contributed by atoms with Gasteiger partial charge >= 0.3 is 0 Å². The van der Waals surface area contributed by atoms with Crippen molar-refractivity contribution >= 4 is 0 Å². The van der Waals surface area contributed by atoms with E-state index in [-0.39, 0.29) is 0 Å². The largest absolute Gasteiger partial charge is 0.0805 e. The van der Waals surface area contributed by atoms with Crippen molar-refractivity contribution in [2.75, 3.05) is 0 Å². The molecule has 0 spiro atoms. The Kier molecular flexibility index (Phi) is 4.10. The second-order valence-electron chi connectivity index (χ2n) is 6.04. The lowest BCUT2D eigenvalue weighted by Crippen LogP contribution is -2.15. The maximum Gasteiger partial charge on any atom is -0.000869 e. The molecule has 2 radical (unpaired) electrons. The Bertz CT molecular complexity index is 509. The van der Waals surface area contributed by atoms with E-state index in [1.165, 1.54) is 30.4 Å². The molecule has 2 aliphatic rings. The van der Waals surface area contributed by atoms with Crippen LogP contribution in [0.1, 0.15) is 43.7 Å². The topological polar surface area (TPSA) is 0 Å². The van der Waals surface area contributed by atoms with Crippen LogP contribution in [0, 0.1) is 24.2 Å². The zero-order chi connectivity index (χ0) is 13.9. The summed E-state index contributed by atoms with van der Waals surface area (Å²) in [5, 5.41) is 0. The lowest BCUT2D eigenvalue weighted by atomic mass is 9.79. The van der Waals surface area contributed by atoms with Crippen molar-refractivity contribution in [2.45, 2.75) is 39.0 Å². The number of allylic oxidation sites excluding steroid dienone is 4. The predicted octanol–water partition coefficient (Wildman–Crippen LogP) is 5.20. The third-order valence-corrected chi connectivity index (χ3v) is 4.85. The van der Waals surface area contributed by atoms with Crippen LogP contribution in [0.15, 0.2) is 48.6 Å². The molecule has 0 amide bonds. The molecule has 0 aliphatic heterocycles. The number of aryl methyl sites for hydroxylation is 1. The van der Waals surface area contributed by atoms with Crippen LogP contribution in [0.25, 0.3) is 0 Å². The van der Waals surface area contributed by atoms with Crippen molar-refractivity contribution in [1.82, 2.24) is 0 Å². The van der Waals surface area contributed by atoms with E-state index in [1.807, 2.05) is 0 Å². The van der Waals surface area contributed by atoms with E-state index < -0.39 is 0 Å². The van der Waals surface area contributed by atoms with E-state index in [4.69, 9.17) is 0 Å². The second-order valence-corrected chi connectivity index (χ2v) is 6.04. The van der Waals surface area contributed by atoms with E-state index in [0.29, 0.717) is 23.7 Å². The molecule has 0 N–H and O–H groups in total. The average Bonchev–Trinajstić information content (AvgIpc) is 2.86. The zero-order valence-corrected chi connectivity index (χ0v) is 12.5. The van der Waals surface area contributed by atoms with Crippen molar-refractivity contribution in [2.24, 2.45) is 17.8 Å². The van der Waals surface area contributed by atoms with Crippen molar-refractivity contribution in [3.8, 4) is 0 Å². The van der Waals surface area contributed by atoms with Gasteiger partial charge in [0.2, 0.25) is 0 Å². The highest BCUT2D eigenvalue weighted by Crippen LogP contribution is 2.50. The fourth-order valence-electron chi connectivity index (χ4n) is 3.92. The number of benzene rings is 1. The summed E-state index contributed by atoms with van der Waals surface area (Å²) >= 11 is 0. The minimum atomic E-state index is 0.505. The maximum atomic E-state index is 3.87. The molecule has 1 aromatic carbocycles. The van der Waals surface area contributed by atoms with Gasteiger partial charge in [-0.25, -0.2) is 0 Å². The van der Waals surface area contributed by atoms with Gasteiger partial charge < -0.3 is 0 Å². The molecule has 0 heterocycles. The Hall–Kier alpha value is -1.30. The molecule has 0 aromatic heterocycles. The van der Waals surface area contributed by atoms with E-state index in [1.54, 1.807) is 0 Å². The lowest BCUT2D eigenvalue weighted by molar-refractivity contribution is 0.383. The first-order chi connectivity index (χ1) is 9.85.